The van der Waals surface area contributed by atoms with E-state index >= 15 is 0 Å². The third-order valence-corrected chi connectivity index (χ3v) is 16.7. The molecule has 0 saturated carbocycles. The smallest absolute Gasteiger partial charge is 0.377 e. The van der Waals surface area contributed by atoms with Crippen molar-refractivity contribution in [3.05, 3.63) is 24.3 Å². The van der Waals surface area contributed by atoms with Gasteiger partial charge in [0.2, 0.25) is 0 Å². The Morgan fingerprint density at radius 3 is 2.46 bits per heavy atom. The molecular formula is C13H19NO3S6Si. The molecule has 0 radical (unpaired) electrons. The van der Waals surface area contributed by atoms with Crippen LogP contribution in [0, 0.1) is 0 Å². The van der Waals surface area contributed by atoms with Gasteiger partial charge in [-0.05, 0) is 52.4 Å². The van der Waals surface area contributed by atoms with Gasteiger partial charge in [-0.2, -0.15) is 0 Å². The molecule has 4 nitrogen and oxygen atoms in total. The predicted octanol–water partition coefficient (Wildman–Crippen LogP) is 6.25. The van der Waals surface area contributed by atoms with Crippen LogP contribution in [0.2, 0.25) is 5.54 Å². The van der Waals surface area contributed by atoms with Crippen molar-refractivity contribution in [2.45, 2.75) is 16.8 Å². The van der Waals surface area contributed by atoms with Crippen molar-refractivity contribution in [2.24, 2.45) is 0 Å². The lowest BCUT2D eigenvalue weighted by Gasteiger charge is -2.29. The summed E-state index contributed by atoms with van der Waals surface area (Å²) in [6, 6.07) is 8.24. The van der Waals surface area contributed by atoms with Crippen molar-refractivity contribution in [1.29, 1.82) is 0 Å². The Kier molecular flexibility index (Phi) is 9.70. The van der Waals surface area contributed by atoms with E-state index in [-0.39, 0.29) is 5.54 Å². The van der Waals surface area contributed by atoms with Crippen molar-refractivity contribution < 1.29 is 13.3 Å². The first-order valence-electron chi connectivity index (χ1n) is 6.95. The zero-order valence-electron chi connectivity index (χ0n) is 13.7. The first kappa shape index (κ1) is 21.3. The molecule has 2 rings (SSSR count). The standard InChI is InChI=1S/C13H19NO3S6Si/c1-10(24(15-2,16-3)17-4)9-18-21-23-22-20-13-14-11-7-5-6-8-12(11)19-13/h5-8,10H,9H2,1-4H3. The van der Waals surface area contributed by atoms with Gasteiger partial charge in [0.05, 0.1) is 10.2 Å². The molecule has 0 amide bonds. The fourth-order valence-electron chi connectivity index (χ4n) is 2.05. The van der Waals surface area contributed by atoms with Crippen molar-refractivity contribution in [1.82, 2.24) is 4.98 Å². The van der Waals surface area contributed by atoms with Crippen LogP contribution < -0.4 is 0 Å². The molecule has 24 heavy (non-hydrogen) atoms. The first-order valence-corrected chi connectivity index (χ1v) is 15.9. The fourth-order valence-corrected chi connectivity index (χ4v) is 15.3. The van der Waals surface area contributed by atoms with Crippen LogP contribution in [-0.2, 0) is 13.3 Å². The quantitative estimate of drug-likeness (QED) is 0.221. The van der Waals surface area contributed by atoms with Crippen LogP contribution in [0.4, 0.5) is 0 Å². The fraction of sp³-hybridized carbons (Fsp3) is 0.462. The summed E-state index contributed by atoms with van der Waals surface area (Å²) in [7, 11) is 11.2. The molecule has 2 aromatic rings. The maximum absolute atomic E-state index is 5.51. The number of aromatic nitrogens is 1. The van der Waals surface area contributed by atoms with Crippen LogP contribution >= 0.6 is 62.4 Å². The summed E-state index contributed by atoms with van der Waals surface area (Å²) in [4.78, 5) is 4.61. The topological polar surface area (TPSA) is 40.6 Å². The lowest BCUT2D eigenvalue weighted by atomic mass is 10.3. The van der Waals surface area contributed by atoms with E-state index in [1.54, 1.807) is 83.7 Å². The molecule has 134 valence electrons. The number of thiazole rings is 1. The van der Waals surface area contributed by atoms with Gasteiger partial charge in [-0.1, -0.05) is 29.9 Å². The average Bonchev–Trinajstić information content (AvgIpc) is 3.02. The Morgan fingerprint density at radius 2 is 1.79 bits per heavy atom. The number of hydrogen-bond acceptors (Lipinski definition) is 10. The van der Waals surface area contributed by atoms with E-state index in [0.717, 1.165) is 15.6 Å². The molecule has 1 unspecified atom stereocenters. The molecule has 1 aromatic heterocycles. The van der Waals surface area contributed by atoms with E-state index in [9.17, 15) is 0 Å². The van der Waals surface area contributed by atoms with Gasteiger partial charge in [0.25, 0.3) is 0 Å². The number of rotatable bonds is 11. The zero-order valence-corrected chi connectivity index (χ0v) is 19.6. The van der Waals surface area contributed by atoms with Gasteiger partial charge in [0.15, 0.2) is 4.34 Å². The first-order chi connectivity index (χ1) is 11.6. The molecule has 1 heterocycles. The van der Waals surface area contributed by atoms with E-state index in [0.29, 0.717) is 0 Å². The average molecular weight is 458 g/mol. The maximum atomic E-state index is 5.51. The van der Waals surface area contributed by atoms with Gasteiger partial charge in [-0.15, -0.1) is 11.3 Å². The molecule has 0 fully saturated rings. The minimum atomic E-state index is -2.52. The minimum Gasteiger partial charge on any atom is -0.377 e. The van der Waals surface area contributed by atoms with E-state index < -0.39 is 8.80 Å². The van der Waals surface area contributed by atoms with Crippen LogP contribution in [0.1, 0.15) is 6.92 Å². The van der Waals surface area contributed by atoms with Crippen LogP contribution in [0.3, 0.4) is 0 Å². The summed E-state index contributed by atoms with van der Waals surface area (Å²) in [5.74, 6) is 0.922. The Bertz CT molecular complexity index is 585. The summed E-state index contributed by atoms with van der Waals surface area (Å²) in [5, 5.41) is 0. The molecule has 1 aromatic carbocycles. The molecule has 0 spiro atoms. The molecule has 1 atom stereocenters. The highest BCUT2D eigenvalue weighted by Crippen LogP contribution is 2.52. The highest BCUT2D eigenvalue weighted by molar-refractivity contribution is 9.35. The second kappa shape index (κ2) is 10.9. The summed E-state index contributed by atoms with van der Waals surface area (Å²) < 4.78 is 18.9. The van der Waals surface area contributed by atoms with E-state index in [4.69, 9.17) is 13.3 Å². The maximum Gasteiger partial charge on any atom is 0.504 e. The van der Waals surface area contributed by atoms with E-state index in [1.807, 2.05) is 12.1 Å². The number of benzene rings is 1. The van der Waals surface area contributed by atoms with Crippen molar-refractivity contribution in [2.75, 3.05) is 27.1 Å². The van der Waals surface area contributed by atoms with Gasteiger partial charge in [-0.3, -0.25) is 0 Å². The van der Waals surface area contributed by atoms with E-state index in [2.05, 4.69) is 24.0 Å². The van der Waals surface area contributed by atoms with Gasteiger partial charge >= 0.3 is 8.80 Å². The van der Waals surface area contributed by atoms with Crippen LogP contribution in [-0.4, -0.2) is 40.9 Å². The van der Waals surface area contributed by atoms with Crippen LogP contribution in [0.5, 0.6) is 0 Å². The number of fused-ring (bicyclic) bond motifs is 1. The second-order valence-corrected chi connectivity index (χ2v) is 17.0. The number of nitrogens with zero attached hydrogens (tertiary/aromatic N) is 1. The van der Waals surface area contributed by atoms with Crippen LogP contribution in [0.25, 0.3) is 10.2 Å². The summed E-state index contributed by atoms with van der Waals surface area (Å²) >= 11 is 1.74. The van der Waals surface area contributed by atoms with Gasteiger partial charge < -0.3 is 13.3 Å². The van der Waals surface area contributed by atoms with E-state index in [1.165, 1.54) is 4.70 Å². The van der Waals surface area contributed by atoms with Crippen molar-refractivity contribution >= 4 is 81.4 Å². The van der Waals surface area contributed by atoms with Crippen LogP contribution in [0.15, 0.2) is 28.6 Å². The summed E-state index contributed by atoms with van der Waals surface area (Å²) in [5.41, 5.74) is 1.32. The van der Waals surface area contributed by atoms with Gasteiger partial charge in [0.1, 0.15) is 0 Å². The monoisotopic (exact) mass is 457 g/mol. The number of hydrogen-bond donors (Lipinski definition) is 0. The molecule has 11 heteroatoms. The molecule has 0 aliphatic heterocycles. The molecule has 0 saturated heterocycles. The highest BCUT2D eigenvalue weighted by atomic mass is 33.8. The molecular weight excluding hydrogens is 439 g/mol. The Hall–Kier alpha value is 0.957. The lowest BCUT2D eigenvalue weighted by Crippen LogP contribution is -2.47. The minimum absolute atomic E-state index is 0.248. The number of para-hydroxylation sites is 1. The SMILES string of the molecule is CO[Si](OC)(OC)C(C)CSSSSSc1nc2ccccc2s1. The van der Waals surface area contributed by atoms with Crippen molar-refractivity contribution in [3.8, 4) is 0 Å². The Labute approximate surface area is 166 Å². The second-order valence-electron chi connectivity index (χ2n) is 4.64. The third-order valence-electron chi connectivity index (χ3n) is 3.26. The van der Waals surface area contributed by atoms with Gasteiger partial charge in [0, 0.05) is 32.6 Å². The third kappa shape index (κ3) is 5.73. The zero-order chi connectivity index (χ0) is 17.4. The normalized spacial score (nSPS) is 13.5. The molecule has 0 bridgehead atoms. The predicted molar refractivity (Wildman–Crippen MR) is 117 cm³/mol. The largest absolute Gasteiger partial charge is 0.504 e. The van der Waals surface area contributed by atoms with Gasteiger partial charge in [-0.25, -0.2) is 4.98 Å². The summed E-state index contributed by atoms with van der Waals surface area (Å²) in [6.45, 7) is 2.12. The molecule has 0 aliphatic carbocycles. The lowest BCUT2D eigenvalue weighted by molar-refractivity contribution is 0.116. The molecule has 0 N–H and O–H groups in total. The summed E-state index contributed by atoms with van der Waals surface area (Å²) in [6.07, 6.45) is 0. The Morgan fingerprint density at radius 1 is 1.08 bits per heavy atom. The Balaban J connectivity index is 1.66. The molecule has 0 aliphatic rings. The van der Waals surface area contributed by atoms with Crippen molar-refractivity contribution in [3.63, 3.8) is 0 Å². The highest BCUT2D eigenvalue weighted by Gasteiger charge is 2.44.